The number of rotatable bonds is 5. The maximum Gasteiger partial charge on any atom is 0.340 e. The van der Waals surface area contributed by atoms with E-state index in [4.69, 9.17) is 4.74 Å². The third-order valence-corrected chi connectivity index (χ3v) is 4.92. The van der Waals surface area contributed by atoms with Crippen molar-refractivity contribution in [1.29, 1.82) is 0 Å². The lowest BCUT2D eigenvalue weighted by Crippen LogP contribution is -2.06. The molecule has 0 bridgehead atoms. The molecule has 0 saturated carbocycles. The first kappa shape index (κ1) is 18.5. The summed E-state index contributed by atoms with van der Waals surface area (Å²) in [5.74, 6) is 0.0120. The molecule has 0 aliphatic carbocycles. The van der Waals surface area contributed by atoms with Gasteiger partial charge in [-0.1, -0.05) is 54.6 Å². The number of hydrogen-bond acceptors (Lipinski definition) is 6. The summed E-state index contributed by atoms with van der Waals surface area (Å²) in [6.07, 6.45) is 0. The number of para-hydroxylation sites is 1. The molecule has 0 unspecified atom stereocenters. The first-order valence-electron chi connectivity index (χ1n) is 9.49. The van der Waals surface area contributed by atoms with E-state index in [1.165, 1.54) is 0 Å². The Morgan fingerprint density at radius 3 is 2.48 bits per heavy atom. The van der Waals surface area contributed by atoms with E-state index in [1.807, 2.05) is 48.5 Å². The number of nitrogens with zero attached hydrogens (tertiary/aromatic N) is 3. The second-order valence-corrected chi connectivity index (χ2v) is 6.86. The number of aromatic nitrogens is 6. The van der Waals surface area contributed by atoms with Gasteiger partial charge in [0.15, 0.2) is 0 Å². The highest BCUT2D eigenvalue weighted by Gasteiger charge is 2.14. The lowest BCUT2D eigenvalue weighted by Gasteiger charge is -2.09. The number of benzene rings is 3. The highest BCUT2D eigenvalue weighted by molar-refractivity contribution is 6.01. The molecule has 5 aromatic rings. The Hall–Kier alpha value is -4.53. The third-order valence-electron chi connectivity index (χ3n) is 4.92. The second kappa shape index (κ2) is 7.71. The standard InChI is InChI=1S/C22H16N6O3/c29-21(17-6-3-7-18-19(17)24-22(30)23-18)31-12-13-8-10-14(11-9-13)15-4-1-2-5-16(15)20-25-27-28-26-20/h1-11H,12H2,(H2,23,24,30)(H,25,26,27,28). The topological polar surface area (TPSA) is 129 Å². The number of hydrogen-bond donors (Lipinski definition) is 3. The highest BCUT2D eigenvalue weighted by Crippen LogP contribution is 2.29. The van der Waals surface area contributed by atoms with Crippen molar-refractivity contribution in [2.45, 2.75) is 6.61 Å². The fraction of sp³-hybridized carbons (Fsp3) is 0.0455. The molecule has 3 aromatic carbocycles. The zero-order valence-electron chi connectivity index (χ0n) is 16.1. The van der Waals surface area contributed by atoms with Crippen LogP contribution in [0.3, 0.4) is 0 Å². The van der Waals surface area contributed by atoms with Crippen molar-refractivity contribution in [2.24, 2.45) is 0 Å². The number of tetrazole rings is 1. The van der Waals surface area contributed by atoms with Gasteiger partial charge in [0.2, 0.25) is 5.82 Å². The molecule has 9 heteroatoms. The van der Waals surface area contributed by atoms with E-state index in [2.05, 4.69) is 30.6 Å². The van der Waals surface area contributed by atoms with Crippen molar-refractivity contribution < 1.29 is 9.53 Å². The summed E-state index contributed by atoms with van der Waals surface area (Å²) >= 11 is 0. The molecule has 5 rings (SSSR count). The van der Waals surface area contributed by atoms with Crippen molar-refractivity contribution in [3.63, 3.8) is 0 Å². The number of ether oxygens (including phenoxy) is 1. The molecule has 0 spiro atoms. The molecule has 152 valence electrons. The van der Waals surface area contributed by atoms with Crippen LogP contribution in [0.4, 0.5) is 0 Å². The van der Waals surface area contributed by atoms with E-state index in [9.17, 15) is 9.59 Å². The number of nitrogens with one attached hydrogen (secondary N) is 3. The maximum absolute atomic E-state index is 12.5. The molecule has 2 aromatic heterocycles. The van der Waals surface area contributed by atoms with Crippen LogP contribution in [0.25, 0.3) is 33.5 Å². The van der Waals surface area contributed by atoms with E-state index in [0.717, 1.165) is 22.3 Å². The van der Waals surface area contributed by atoms with Gasteiger partial charge in [-0.3, -0.25) is 0 Å². The van der Waals surface area contributed by atoms with Gasteiger partial charge in [-0.15, -0.1) is 10.2 Å². The first-order valence-corrected chi connectivity index (χ1v) is 9.49. The molecule has 0 radical (unpaired) electrons. The molecule has 0 aliphatic heterocycles. The van der Waals surface area contributed by atoms with Crippen LogP contribution in [0.15, 0.2) is 71.5 Å². The molecule has 9 nitrogen and oxygen atoms in total. The van der Waals surface area contributed by atoms with Crippen molar-refractivity contribution in [1.82, 2.24) is 30.6 Å². The number of aromatic amines is 3. The predicted octanol–water partition coefficient (Wildman–Crippen LogP) is 3.06. The van der Waals surface area contributed by atoms with Crippen LogP contribution in [0.1, 0.15) is 15.9 Å². The summed E-state index contributed by atoms with van der Waals surface area (Å²) in [4.78, 5) is 29.3. The number of H-pyrrole nitrogens is 3. The normalized spacial score (nSPS) is 11.0. The Morgan fingerprint density at radius 1 is 0.903 bits per heavy atom. The quantitative estimate of drug-likeness (QED) is 0.381. The van der Waals surface area contributed by atoms with Crippen LogP contribution in [0, 0.1) is 0 Å². The molecular weight excluding hydrogens is 396 g/mol. The Balaban J connectivity index is 1.34. The van der Waals surface area contributed by atoms with Crippen LogP contribution in [-0.4, -0.2) is 36.6 Å². The van der Waals surface area contributed by atoms with Crippen molar-refractivity contribution in [3.05, 3.63) is 88.3 Å². The largest absolute Gasteiger partial charge is 0.457 e. The second-order valence-electron chi connectivity index (χ2n) is 6.86. The number of imidazole rings is 1. The zero-order valence-corrected chi connectivity index (χ0v) is 16.1. The fourth-order valence-corrected chi connectivity index (χ4v) is 3.44. The van der Waals surface area contributed by atoms with Gasteiger partial charge in [-0.05, 0) is 34.0 Å². The van der Waals surface area contributed by atoms with Crippen LogP contribution in [0.2, 0.25) is 0 Å². The predicted molar refractivity (Wildman–Crippen MR) is 113 cm³/mol. The van der Waals surface area contributed by atoms with Crippen LogP contribution in [0.5, 0.6) is 0 Å². The lowest BCUT2D eigenvalue weighted by molar-refractivity contribution is 0.0475. The van der Waals surface area contributed by atoms with Gasteiger partial charge in [0.05, 0.1) is 16.6 Å². The Labute approximate surface area is 175 Å². The number of esters is 1. The summed E-state index contributed by atoms with van der Waals surface area (Å²) < 4.78 is 5.45. The molecule has 0 aliphatic rings. The first-order chi connectivity index (χ1) is 15.2. The smallest absolute Gasteiger partial charge is 0.340 e. The van der Waals surface area contributed by atoms with Crippen LogP contribution < -0.4 is 5.69 Å². The Kier molecular flexibility index (Phi) is 4.60. The maximum atomic E-state index is 12.5. The number of fused-ring (bicyclic) bond motifs is 1. The summed E-state index contributed by atoms with van der Waals surface area (Å²) in [7, 11) is 0. The molecule has 3 N–H and O–H groups in total. The summed E-state index contributed by atoms with van der Waals surface area (Å²) in [5.41, 5.74) is 4.58. The van der Waals surface area contributed by atoms with E-state index in [1.54, 1.807) is 18.2 Å². The van der Waals surface area contributed by atoms with Gasteiger partial charge in [-0.25, -0.2) is 9.59 Å². The highest BCUT2D eigenvalue weighted by atomic mass is 16.5. The van der Waals surface area contributed by atoms with Crippen molar-refractivity contribution >= 4 is 17.0 Å². The van der Waals surface area contributed by atoms with Gasteiger partial charge < -0.3 is 14.7 Å². The Bertz CT molecular complexity index is 1420. The van der Waals surface area contributed by atoms with Gasteiger partial charge in [0.25, 0.3) is 0 Å². The molecule has 0 atom stereocenters. The molecule has 2 heterocycles. The van der Waals surface area contributed by atoms with Gasteiger partial charge >= 0.3 is 11.7 Å². The van der Waals surface area contributed by atoms with Gasteiger partial charge in [-0.2, -0.15) is 5.21 Å². The molecular formula is C22H16N6O3. The number of carbonyl (C=O) groups excluding carboxylic acids is 1. The molecule has 31 heavy (non-hydrogen) atoms. The minimum atomic E-state index is -0.507. The molecule has 0 amide bonds. The van der Waals surface area contributed by atoms with E-state index >= 15 is 0 Å². The third kappa shape index (κ3) is 3.60. The molecule has 0 saturated heterocycles. The SMILES string of the molecule is O=C(OCc1ccc(-c2ccccc2-c2nn[nH]n2)cc1)c1cccc2[nH]c(=O)[nH]c12. The fourth-order valence-electron chi connectivity index (χ4n) is 3.44. The summed E-state index contributed by atoms with van der Waals surface area (Å²) in [6.45, 7) is 0.108. The molecule has 0 fully saturated rings. The minimum absolute atomic E-state index is 0.108. The van der Waals surface area contributed by atoms with Gasteiger partial charge in [0.1, 0.15) is 6.61 Å². The van der Waals surface area contributed by atoms with E-state index < -0.39 is 5.97 Å². The van der Waals surface area contributed by atoms with Crippen molar-refractivity contribution in [2.75, 3.05) is 0 Å². The lowest BCUT2D eigenvalue weighted by atomic mass is 9.98. The average molecular weight is 412 g/mol. The van der Waals surface area contributed by atoms with E-state index in [0.29, 0.717) is 22.4 Å². The van der Waals surface area contributed by atoms with Gasteiger partial charge in [0, 0.05) is 5.56 Å². The number of carbonyl (C=O) groups is 1. The average Bonchev–Trinajstić information content (AvgIpc) is 3.46. The van der Waals surface area contributed by atoms with E-state index in [-0.39, 0.29) is 12.3 Å². The van der Waals surface area contributed by atoms with Crippen LogP contribution in [-0.2, 0) is 11.3 Å². The monoisotopic (exact) mass is 412 g/mol. The Morgan fingerprint density at radius 2 is 1.71 bits per heavy atom. The zero-order chi connectivity index (χ0) is 21.2. The summed E-state index contributed by atoms with van der Waals surface area (Å²) in [5, 5.41) is 14.2. The van der Waals surface area contributed by atoms with Crippen molar-refractivity contribution in [3.8, 4) is 22.5 Å². The summed E-state index contributed by atoms with van der Waals surface area (Å²) in [6, 6.07) is 20.5. The minimum Gasteiger partial charge on any atom is -0.457 e. The van der Waals surface area contributed by atoms with Crippen LogP contribution >= 0.6 is 0 Å².